The van der Waals surface area contributed by atoms with Crippen LogP contribution in [0.25, 0.3) is 11.0 Å². The van der Waals surface area contributed by atoms with Gasteiger partial charge in [0.25, 0.3) is 5.91 Å². The summed E-state index contributed by atoms with van der Waals surface area (Å²) >= 11 is 0. The Morgan fingerprint density at radius 1 is 1.11 bits per heavy atom. The second-order valence-corrected chi connectivity index (χ2v) is 6.13. The maximum atomic E-state index is 12.0. The fraction of sp³-hybridized carbons (Fsp3) is 0.190. The van der Waals surface area contributed by atoms with Crippen LogP contribution in [0.2, 0.25) is 0 Å². The van der Waals surface area contributed by atoms with E-state index in [1.165, 1.54) is 12.1 Å². The monoisotopic (exact) mass is 381 g/mol. The largest absolute Gasteiger partial charge is 0.508 e. The number of benzene rings is 2. The summed E-state index contributed by atoms with van der Waals surface area (Å²) in [5.41, 5.74) is 1.19. The fourth-order valence-corrected chi connectivity index (χ4v) is 2.76. The number of aromatic hydroxyl groups is 1. The van der Waals surface area contributed by atoms with E-state index in [-0.39, 0.29) is 30.4 Å². The Morgan fingerprint density at radius 2 is 1.86 bits per heavy atom. The van der Waals surface area contributed by atoms with Gasteiger partial charge >= 0.3 is 11.6 Å². The molecule has 144 valence electrons. The van der Waals surface area contributed by atoms with Crippen molar-refractivity contribution in [1.82, 2.24) is 5.32 Å². The first-order valence-electron chi connectivity index (χ1n) is 8.75. The number of aryl methyl sites for hydroxylation is 1. The van der Waals surface area contributed by atoms with Gasteiger partial charge in [0.05, 0.1) is 0 Å². The summed E-state index contributed by atoms with van der Waals surface area (Å²) in [4.78, 5) is 35.7. The molecule has 0 saturated carbocycles. The van der Waals surface area contributed by atoms with Crippen LogP contribution in [-0.2, 0) is 22.6 Å². The van der Waals surface area contributed by atoms with Crippen molar-refractivity contribution >= 4 is 22.8 Å². The van der Waals surface area contributed by atoms with Gasteiger partial charge in [-0.1, -0.05) is 25.1 Å². The quantitative estimate of drug-likeness (QED) is 0.502. The molecule has 7 heteroatoms. The third-order valence-corrected chi connectivity index (χ3v) is 4.23. The molecule has 0 aliphatic heterocycles. The lowest BCUT2D eigenvalue weighted by Gasteiger charge is -2.10. The summed E-state index contributed by atoms with van der Waals surface area (Å²) in [6, 6.07) is 12.8. The molecule has 0 bridgehead atoms. The number of hydrogen-bond donors (Lipinski definition) is 2. The molecule has 0 fully saturated rings. The molecule has 1 amide bonds. The molecule has 0 saturated heterocycles. The summed E-state index contributed by atoms with van der Waals surface area (Å²) in [7, 11) is 0. The zero-order valence-corrected chi connectivity index (χ0v) is 15.2. The molecule has 3 rings (SSSR count). The van der Waals surface area contributed by atoms with Gasteiger partial charge in [0, 0.05) is 28.6 Å². The standard InChI is InChI=1S/C21H19NO6/c1-2-13-8-16-15(9-19(24)28-18(16)10-17(13)23)12-27-20(25)11-22-21(26)14-6-4-3-5-7-14/h3-10,23H,2,11-12H2,1H3,(H,22,26). The van der Waals surface area contributed by atoms with E-state index in [4.69, 9.17) is 9.15 Å². The van der Waals surface area contributed by atoms with Gasteiger partial charge < -0.3 is 19.6 Å². The molecule has 0 radical (unpaired) electrons. The van der Waals surface area contributed by atoms with Crippen molar-refractivity contribution in [2.45, 2.75) is 20.0 Å². The lowest BCUT2D eigenvalue weighted by atomic mass is 10.0. The highest BCUT2D eigenvalue weighted by Crippen LogP contribution is 2.27. The molecule has 0 spiro atoms. The molecule has 1 heterocycles. The van der Waals surface area contributed by atoms with Crippen molar-refractivity contribution in [2.24, 2.45) is 0 Å². The van der Waals surface area contributed by atoms with Crippen molar-refractivity contribution in [3.63, 3.8) is 0 Å². The van der Waals surface area contributed by atoms with Gasteiger partial charge in [-0.3, -0.25) is 9.59 Å². The summed E-state index contributed by atoms with van der Waals surface area (Å²) in [6.45, 7) is 1.43. The second-order valence-electron chi connectivity index (χ2n) is 6.13. The Bertz CT molecular complexity index is 1070. The summed E-state index contributed by atoms with van der Waals surface area (Å²) in [6.07, 6.45) is 0.589. The molecular formula is C21H19NO6. The Balaban J connectivity index is 1.68. The molecule has 7 nitrogen and oxygen atoms in total. The van der Waals surface area contributed by atoms with E-state index in [1.807, 2.05) is 6.92 Å². The number of nitrogens with one attached hydrogen (secondary N) is 1. The van der Waals surface area contributed by atoms with Crippen molar-refractivity contribution in [3.8, 4) is 5.75 Å². The highest BCUT2D eigenvalue weighted by atomic mass is 16.5. The van der Waals surface area contributed by atoms with Gasteiger partial charge in [-0.05, 0) is 30.2 Å². The number of ether oxygens (including phenoxy) is 1. The van der Waals surface area contributed by atoms with Crippen LogP contribution in [0.15, 0.2) is 57.7 Å². The molecule has 3 aromatic rings. The van der Waals surface area contributed by atoms with Crippen molar-refractivity contribution in [1.29, 1.82) is 0 Å². The first-order chi connectivity index (χ1) is 13.5. The number of carbonyl (C=O) groups is 2. The predicted molar refractivity (Wildman–Crippen MR) is 102 cm³/mol. The third kappa shape index (κ3) is 4.37. The van der Waals surface area contributed by atoms with E-state index in [9.17, 15) is 19.5 Å². The van der Waals surface area contributed by atoms with Gasteiger partial charge in [0.2, 0.25) is 0 Å². The van der Waals surface area contributed by atoms with Crippen molar-refractivity contribution in [3.05, 3.63) is 75.6 Å². The fourth-order valence-electron chi connectivity index (χ4n) is 2.76. The Hall–Kier alpha value is -3.61. The number of carbonyl (C=O) groups excluding carboxylic acids is 2. The third-order valence-electron chi connectivity index (χ3n) is 4.23. The topological polar surface area (TPSA) is 106 Å². The first kappa shape index (κ1) is 19.2. The van der Waals surface area contributed by atoms with Crippen LogP contribution >= 0.6 is 0 Å². The molecule has 2 N–H and O–H groups in total. The molecule has 0 atom stereocenters. The van der Waals surface area contributed by atoms with Gasteiger partial charge in [-0.25, -0.2) is 4.79 Å². The average Bonchev–Trinajstić information content (AvgIpc) is 2.70. The Kier molecular flexibility index (Phi) is 5.74. The molecule has 0 aliphatic rings. The zero-order valence-electron chi connectivity index (χ0n) is 15.2. The van der Waals surface area contributed by atoms with E-state index in [1.54, 1.807) is 36.4 Å². The number of esters is 1. The maximum Gasteiger partial charge on any atom is 0.336 e. The van der Waals surface area contributed by atoms with Crippen LogP contribution in [0.1, 0.15) is 28.4 Å². The van der Waals surface area contributed by atoms with Crippen LogP contribution < -0.4 is 10.9 Å². The van der Waals surface area contributed by atoms with E-state index >= 15 is 0 Å². The highest BCUT2D eigenvalue weighted by molar-refractivity contribution is 5.95. The molecule has 1 aromatic heterocycles. The lowest BCUT2D eigenvalue weighted by molar-refractivity contribution is -0.143. The normalized spacial score (nSPS) is 10.6. The average molecular weight is 381 g/mol. The number of phenols is 1. The van der Waals surface area contributed by atoms with E-state index in [2.05, 4.69) is 5.32 Å². The van der Waals surface area contributed by atoms with Gasteiger partial charge in [0.15, 0.2) is 0 Å². The summed E-state index contributed by atoms with van der Waals surface area (Å²) in [5.74, 6) is -0.984. The van der Waals surface area contributed by atoms with Gasteiger partial charge in [-0.15, -0.1) is 0 Å². The maximum absolute atomic E-state index is 12.0. The van der Waals surface area contributed by atoms with Crippen molar-refractivity contribution < 1.29 is 23.8 Å². The van der Waals surface area contributed by atoms with Gasteiger partial charge in [-0.2, -0.15) is 0 Å². The van der Waals surface area contributed by atoms with E-state index < -0.39 is 11.6 Å². The van der Waals surface area contributed by atoms with Crippen LogP contribution in [0.3, 0.4) is 0 Å². The van der Waals surface area contributed by atoms with Crippen LogP contribution in [-0.4, -0.2) is 23.5 Å². The van der Waals surface area contributed by atoms with Crippen LogP contribution in [0.5, 0.6) is 5.75 Å². The minimum atomic E-state index is -0.639. The van der Waals surface area contributed by atoms with Gasteiger partial charge in [0.1, 0.15) is 24.5 Å². The number of amides is 1. The summed E-state index contributed by atoms with van der Waals surface area (Å²) < 4.78 is 10.3. The molecule has 28 heavy (non-hydrogen) atoms. The number of fused-ring (bicyclic) bond motifs is 1. The SMILES string of the molecule is CCc1cc2c(COC(=O)CNC(=O)c3ccccc3)cc(=O)oc2cc1O. The second kappa shape index (κ2) is 8.39. The number of phenolic OH excluding ortho intramolecular Hbond substituents is 1. The van der Waals surface area contributed by atoms with Crippen molar-refractivity contribution in [2.75, 3.05) is 6.54 Å². The lowest BCUT2D eigenvalue weighted by Crippen LogP contribution is -2.30. The van der Waals surface area contributed by atoms with E-state index in [0.717, 1.165) is 0 Å². The Labute approximate surface area is 160 Å². The van der Waals surface area contributed by atoms with E-state index in [0.29, 0.717) is 28.5 Å². The van der Waals surface area contributed by atoms with Crippen LogP contribution in [0.4, 0.5) is 0 Å². The number of hydrogen-bond acceptors (Lipinski definition) is 6. The molecule has 2 aromatic carbocycles. The number of rotatable bonds is 6. The predicted octanol–water partition coefficient (Wildman–Crippen LogP) is 2.53. The van der Waals surface area contributed by atoms with Crippen LogP contribution in [0, 0.1) is 0 Å². The smallest absolute Gasteiger partial charge is 0.336 e. The molecule has 0 aliphatic carbocycles. The minimum Gasteiger partial charge on any atom is -0.508 e. The minimum absolute atomic E-state index is 0.0379. The highest BCUT2D eigenvalue weighted by Gasteiger charge is 2.13. The molecule has 0 unspecified atom stereocenters. The first-order valence-corrected chi connectivity index (χ1v) is 8.75. The Morgan fingerprint density at radius 3 is 2.57 bits per heavy atom. The molecular weight excluding hydrogens is 362 g/mol. The summed E-state index contributed by atoms with van der Waals surface area (Å²) in [5, 5.41) is 13.0. The zero-order chi connectivity index (χ0) is 20.1.